The minimum absolute atomic E-state index is 0.000434. The van der Waals surface area contributed by atoms with Crippen LogP contribution in [0.4, 0.5) is 5.69 Å². The first-order valence-corrected chi connectivity index (χ1v) is 7.54. The SMILES string of the molecule is CN(CCCNC1CCCCNC1=O)c1ccccc1. The van der Waals surface area contributed by atoms with Crippen LogP contribution < -0.4 is 15.5 Å². The second-order valence-corrected chi connectivity index (χ2v) is 5.40. The third-order valence-electron chi connectivity index (χ3n) is 3.79. The van der Waals surface area contributed by atoms with E-state index in [-0.39, 0.29) is 11.9 Å². The van der Waals surface area contributed by atoms with Gasteiger partial charge in [-0.3, -0.25) is 4.79 Å². The smallest absolute Gasteiger partial charge is 0.237 e. The largest absolute Gasteiger partial charge is 0.375 e. The summed E-state index contributed by atoms with van der Waals surface area (Å²) in [5.74, 6) is 0.166. The van der Waals surface area contributed by atoms with Crippen LogP contribution in [0.5, 0.6) is 0 Å². The average Bonchev–Trinajstić information content (AvgIpc) is 2.69. The van der Waals surface area contributed by atoms with E-state index in [0.717, 1.165) is 45.3 Å². The number of benzene rings is 1. The molecule has 1 aromatic rings. The number of amides is 1. The summed E-state index contributed by atoms with van der Waals surface area (Å²) < 4.78 is 0. The van der Waals surface area contributed by atoms with Crippen molar-refractivity contribution in [1.29, 1.82) is 0 Å². The van der Waals surface area contributed by atoms with Crippen LogP contribution in [0.3, 0.4) is 0 Å². The van der Waals surface area contributed by atoms with Crippen LogP contribution in [-0.2, 0) is 4.79 Å². The minimum Gasteiger partial charge on any atom is -0.375 e. The number of nitrogens with zero attached hydrogens (tertiary/aromatic N) is 1. The predicted molar refractivity (Wildman–Crippen MR) is 83.0 cm³/mol. The van der Waals surface area contributed by atoms with Gasteiger partial charge in [0, 0.05) is 25.8 Å². The maximum absolute atomic E-state index is 11.8. The Morgan fingerprint density at radius 2 is 2.10 bits per heavy atom. The zero-order valence-corrected chi connectivity index (χ0v) is 12.3. The Balaban J connectivity index is 1.67. The third-order valence-corrected chi connectivity index (χ3v) is 3.79. The molecule has 110 valence electrons. The van der Waals surface area contributed by atoms with Gasteiger partial charge in [0.1, 0.15) is 0 Å². The Kier molecular flexibility index (Phi) is 5.87. The Morgan fingerprint density at radius 1 is 1.30 bits per heavy atom. The van der Waals surface area contributed by atoms with E-state index in [1.165, 1.54) is 5.69 Å². The molecule has 1 heterocycles. The standard InChI is InChI=1S/C16H25N3O/c1-19(14-8-3-2-4-9-14)13-7-12-17-15-10-5-6-11-18-16(15)20/h2-4,8-9,15,17H,5-7,10-13H2,1H3,(H,18,20). The molecule has 1 atom stereocenters. The second-order valence-electron chi connectivity index (χ2n) is 5.40. The highest BCUT2D eigenvalue weighted by Crippen LogP contribution is 2.11. The number of carbonyl (C=O) groups is 1. The van der Waals surface area contributed by atoms with Crippen LogP contribution in [0, 0.1) is 0 Å². The molecule has 1 saturated heterocycles. The fourth-order valence-corrected chi connectivity index (χ4v) is 2.54. The molecule has 0 aliphatic carbocycles. The van der Waals surface area contributed by atoms with Gasteiger partial charge in [0.25, 0.3) is 0 Å². The summed E-state index contributed by atoms with van der Waals surface area (Å²) in [7, 11) is 2.10. The van der Waals surface area contributed by atoms with Gasteiger partial charge in [-0.05, 0) is 44.4 Å². The molecule has 0 aromatic heterocycles. The van der Waals surface area contributed by atoms with Crippen molar-refractivity contribution >= 4 is 11.6 Å². The molecule has 1 aromatic carbocycles. The molecule has 0 bridgehead atoms. The molecule has 4 heteroatoms. The van der Waals surface area contributed by atoms with Crippen LogP contribution in [0.15, 0.2) is 30.3 Å². The van der Waals surface area contributed by atoms with Gasteiger partial charge >= 0.3 is 0 Å². The van der Waals surface area contributed by atoms with Crippen molar-refractivity contribution in [3.05, 3.63) is 30.3 Å². The van der Waals surface area contributed by atoms with E-state index >= 15 is 0 Å². The lowest BCUT2D eigenvalue weighted by Gasteiger charge is -2.20. The van der Waals surface area contributed by atoms with Gasteiger partial charge in [0.15, 0.2) is 0 Å². The van der Waals surface area contributed by atoms with Crippen molar-refractivity contribution in [1.82, 2.24) is 10.6 Å². The van der Waals surface area contributed by atoms with Crippen LogP contribution in [0.2, 0.25) is 0 Å². The van der Waals surface area contributed by atoms with E-state index in [2.05, 4.69) is 46.8 Å². The number of hydrogen-bond donors (Lipinski definition) is 2. The van der Waals surface area contributed by atoms with Crippen molar-refractivity contribution in [2.75, 3.05) is 31.6 Å². The van der Waals surface area contributed by atoms with Gasteiger partial charge in [-0.25, -0.2) is 0 Å². The molecule has 0 saturated carbocycles. The van der Waals surface area contributed by atoms with Gasteiger partial charge < -0.3 is 15.5 Å². The number of nitrogens with one attached hydrogen (secondary N) is 2. The van der Waals surface area contributed by atoms with Crippen LogP contribution >= 0.6 is 0 Å². The molecule has 2 N–H and O–H groups in total. The number of hydrogen-bond acceptors (Lipinski definition) is 3. The molecular formula is C16H25N3O. The van der Waals surface area contributed by atoms with Crippen molar-refractivity contribution in [3.63, 3.8) is 0 Å². The zero-order valence-electron chi connectivity index (χ0n) is 12.3. The molecule has 0 spiro atoms. The fraction of sp³-hybridized carbons (Fsp3) is 0.562. The first-order valence-electron chi connectivity index (χ1n) is 7.54. The van der Waals surface area contributed by atoms with Crippen LogP contribution in [0.1, 0.15) is 25.7 Å². The Labute approximate surface area is 121 Å². The predicted octanol–water partition coefficient (Wildman–Crippen LogP) is 1.77. The highest BCUT2D eigenvalue weighted by atomic mass is 16.2. The van der Waals surface area contributed by atoms with Gasteiger partial charge in [-0.2, -0.15) is 0 Å². The van der Waals surface area contributed by atoms with E-state index < -0.39 is 0 Å². The summed E-state index contributed by atoms with van der Waals surface area (Å²) in [5, 5.41) is 6.34. The van der Waals surface area contributed by atoms with Crippen molar-refractivity contribution < 1.29 is 4.79 Å². The van der Waals surface area contributed by atoms with E-state index in [0.29, 0.717) is 0 Å². The molecule has 20 heavy (non-hydrogen) atoms. The normalized spacial score (nSPS) is 19.2. The van der Waals surface area contributed by atoms with E-state index in [4.69, 9.17) is 0 Å². The number of anilines is 1. The molecule has 1 unspecified atom stereocenters. The first kappa shape index (κ1) is 14.9. The van der Waals surface area contributed by atoms with Crippen LogP contribution in [-0.4, -0.2) is 38.6 Å². The lowest BCUT2D eigenvalue weighted by Crippen LogP contribution is -2.43. The lowest BCUT2D eigenvalue weighted by molar-refractivity contribution is -0.122. The van der Waals surface area contributed by atoms with Gasteiger partial charge in [0.05, 0.1) is 6.04 Å². The Morgan fingerprint density at radius 3 is 2.90 bits per heavy atom. The molecule has 1 fully saturated rings. The van der Waals surface area contributed by atoms with E-state index in [1.54, 1.807) is 0 Å². The van der Waals surface area contributed by atoms with E-state index in [9.17, 15) is 4.79 Å². The molecular weight excluding hydrogens is 250 g/mol. The first-order chi connectivity index (χ1) is 9.77. The zero-order chi connectivity index (χ0) is 14.2. The van der Waals surface area contributed by atoms with Crippen LogP contribution in [0.25, 0.3) is 0 Å². The summed E-state index contributed by atoms with van der Waals surface area (Å²) in [6.07, 6.45) is 4.22. The summed E-state index contributed by atoms with van der Waals surface area (Å²) in [5.41, 5.74) is 1.24. The van der Waals surface area contributed by atoms with Crippen molar-refractivity contribution in [3.8, 4) is 0 Å². The minimum atomic E-state index is -0.000434. The Bertz CT molecular complexity index is 407. The number of carbonyl (C=O) groups excluding carboxylic acids is 1. The van der Waals surface area contributed by atoms with Gasteiger partial charge in [0.2, 0.25) is 5.91 Å². The Hall–Kier alpha value is -1.55. The monoisotopic (exact) mass is 275 g/mol. The summed E-state index contributed by atoms with van der Waals surface area (Å²) in [4.78, 5) is 14.0. The maximum atomic E-state index is 11.8. The molecule has 1 aliphatic heterocycles. The summed E-state index contributed by atoms with van der Waals surface area (Å²) >= 11 is 0. The second kappa shape index (κ2) is 7.90. The summed E-state index contributed by atoms with van der Waals surface area (Å²) in [6, 6.07) is 10.4. The molecule has 2 rings (SSSR count). The topological polar surface area (TPSA) is 44.4 Å². The lowest BCUT2D eigenvalue weighted by atomic mass is 10.1. The van der Waals surface area contributed by atoms with Gasteiger partial charge in [-0.1, -0.05) is 18.2 Å². The highest BCUT2D eigenvalue weighted by Gasteiger charge is 2.19. The fourth-order valence-electron chi connectivity index (χ4n) is 2.54. The summed E-state index contributed by atoms with van der Waals surface area (Å²) in [6.45, 7) is 2.70. The number of para-hydroxylation sites is 1. The average molecular weight is 275 g/mol. The molecule has 1 amide bonds. The van der Waals surface area contributed by atoms with Gasteiger partial charge in [-0.15, -0.1) is 0 Å². The number of rotatable bonds is 6. The quantitative estimate of drug-likeness (QED) is 0.778. The molecule has 4 nitrogen and oxygen atoms in total. The maximum Gasteiger partial charge on any atom is 0.237 e. The van der Waals surface area contributed by atoms with Crippen molar-refractivity contribution in [2.45, 2.75) is 31.7 Å². The highest BCUT2D eigenvalue weighted by molar-refractivity contribution is 5.81. The van der Waals surface area contributed by atoms with Crippen molar-refractivity contribution in [2.24, 2.45) is 0 Å². The van der Waals surface area contributed by atoms with E-state index in [1.807, 2.05) is 6.07 Å². The third kappa shape index (κ3) is 4.53. The molecule has 1 aliphatic rings. The molecule has 0 radical (unpaired) electrons.